The van der Waals surface area contributed by atoms with Crippen molar-refractivity contribution >= 4 is 40.3 Å². The van der Waals surface area contributed by atoms with E-state index in [2.05, 4.69) is 38.2 Å². The number of hydrogen-bond donors (Lipinski definition) is 1. The summed E-state index contributed by atoms with van der Waals surface area (Å²) in [6.07, 6.45) is 1.80. The lowest BCUT2D eigenvalue weighted by molar-refractivity contribution is -0.115. The first-order chi connectivity index (χ1) is 13.3. The van der Waals surface area contributed by atoms with Crippen LogP contribution in [-0.2, 0) is 10.2 Å². The molecule has 1 heterocycles. The van der Waals surface area contributed by atoms with Gasteiger partial charge in [0.2, 0.25) is 0 Å². The molecule has 146 valence electrons. The fourth-order valence-electron chi connectivity index (χ4n) is 2.64. The van der Waals surface area contributed by atoms with Gasteiger partial charge in [-0.15, -0.1) is 0 Å². The van der Waals surface area contributed by atoms with Crippen LogP contribution in [0.4, 0.5) is 0 Å². The van der Waals surface area contributed by atoms with Crippen molar-refractivity contribution in [3.8, 4) is 11.5 Å². The van der Waals surface area contributed by atoms with Crippen LogP contribution < -0.4 is 14.8 Å². The van der Waals surface area contributed by atoms with Gasteiger partial charge in [0.05, 0.1) is 4.91 Å². The molecular formula is C22H23NO3S2. The van der Waals surface area contributed by atoms with Gasteiger partial charge < -0.3 is 14.8 Å². The van der Waals surface area contributed by atoms with Gasteiger partial charge in [-0.1, -0.05) is 69.0 Å². The van der Waals surface area contributed by atoms with Gasteiger partial charge in [-0.3, -0.25) is 4.79 Å². The zero-order valence-electron chi connectivity index (χ0n) is 16.2. The van der Waals surface area contributed by atoms with E-state index in [0.717, 1.165) is 17.1 Å². The van der Waals surface area contributed by atoms with E-state index in [1.54, 1.807) is 6.08 Å². The molecule has 0 spiro atoms. The summed E-state index contributed by atoms with van der Waals surface area (Å²) in [5.74, 6) is 1.40. The maximum Gasteiger partial charge on any atom is 0.263 e. The topological polar surface area (TPSA) is 47.6 Å². The van der Waals surface area contributed by atoms with Crippen molar-refractivity contribution in [2.75, 3.05) is 13.2 Å². The van der Waals surface area contributed by atoms with Crippen LogP contribution in [0.2, 0.25) is 0 Å². The largest absolute Gasteiger partial charge is 0.490 e. The normalized spacial score (nSPS) is 15.6. The summed E-state index contributed by atoms with van der Waals surface area (Å²) in [4.78, 5) is 12.3. The van der Waals surface area contributed by atoms with Gasteiger partial charge in [0.25, 0.3) is 5.91 Å². The van der Waals surface area contributed by atoms with Crippen molar-refractivity contribution in [1.29, 1.82) is 0 Å². The second kappa shape index (κ2) is 8.80. The number of carbonyl (C=O) groups excluding carboxylic acids is 1. The number of benzene rings is 2. The average molecular weight is 414 g/mol. The van der Waals surface area contributed by atoms with Gasteiger partial charge >= 0.3 is 0 Å². The molecule has 1 fully saturated rings. The van der Waals surface area contributed by atoms with Crippen LogP contribution in [0.1, 0.15) is 31.9 Å². The minimum absolute atomic E-state index is 0.130. The van der Waals surface area contributed by atoms with Gasteiger partial charge in [-0.05, 0) is 46.9 Å². The van der Waals surface area contributed by atoms with E-state index in [-0.39, 0.29) is 11.3 Å². The lowest BCUT2D eigenvalue weighted by Gasteiger charge is -2.19. The fourth-order valence-corrected chi connectivity index (χ4v) is 3.68. The predicted octanol–water partition coefficient (Wildman–Crippen LogP) is 4.93. The molecular weight excluding hydrogens is 390 g/mol. The van der Waals surface area contributed by atoms with Crippen LogP contribution in [0, 0.1) is 0 Å². The first kappa shape index (κ1) is 20.4. The molecule has 1 aliphatic rings. The Morgan fingerprint density at radius 2 is 1.71 bits per heavy atom. The minimum atomic E-state index is -0.160. The molecule has 2 aromatic carbocycles. The molecule has 1 aliphatic heterocycles. The van der Waals surface area contributed by atoms with E-state index in [1.807, 2.05) is 36.4 Å². The van der Waals surface area contributed by atoms with E-state index in [9.17, 15) is 4.79 Å². The third-order valence-electron chi connectivity index (χ3n) is 4.14. The standard InChI is InChI=1S/C22H23NO3S2/c1-22(2,3)16-7-9-17(10-8-16)25-11-12-26-18-6-4-5-15(13-18)14-19-20(24)23-21(27)28-19/h4-10,13-14H,11-12H2,1-3H3,(H,23,24,27)/b19-14-. The van der Waals surface area contributed by atoms with Crippen LogP contribution in [0.5, 0.6) is 11.5 Å². The number of hydrogen-bond acceptors (Lipinski definition) is 5. The molecule has 1 amide bonds. The van der Waals surface area contributed by atoms with E-state index < -0.39 is 0 Å². The van der Waals surface area contributed by atoms with E-state index in [0.29, 0.717) is 22.4 Å². The summed E-state index contributed by atoms with van der Waals surface area (Å²) in [6, 6.07) is 15.7. The molecule has 6 heteroatoms. The molecule has 1 saturated heterocycles. The third kappa shape index (κ3) is 5.59. The highest BCUT2D eigenvalue weighted by molar-refractivity contribution is 8.26. The molecule has 3 rings (SSSR count). The van der Waals surface area contributed by atoms with Gasteiger partial charge in [-0.25, -0.2) is 0 Å². The number of thiocarbonyl (C=S) groups is 1. The molecule has 0 radical (unpaired) electrons. The Balaban J connectivity index is 1.51. The first-order valence-electron chi connectivity index (χ1n) is 9.02. The maximum absolute atomic E-state index is 11.8. The number of thioether (sulfide) groups is 1. The van der Waals surface area contributed by atoms with Crippen molar-refractivity contribution in [1.82, 2.24) is 5.32 Å². The molecule has 0 bridgehead atoms. The summed E-state index contributed by atoms with van der Waals surface area (Å²) < 4.78 is 12.0. The van der Waals surface area contributed by atoms with Crippen molar-refractivity contribution in [2.24, 2.45) is 0 Å². The summed E-state index contributed by atoms with van der Waals surface area (Å²) in [5.41, 5.74) is 2.29. The highest BCUT2D eigenvalue weighted by atomic mass is 32.2. The van der Waals surface area contributed by atoms with Gasteiger partial charge in [-0.2, -0.15) is 0 Å². The van der Waals surface area contributed by atoms with Crippen LogP contribution in [0.3, 0.4) is 0 Å². The Morgan fingerprint density at radius 3 is 2.32 bits per heavy atom. The van der Waals surface area contributed by atoms with Crippen molar-refractivity contribution in [3.05, 3.63) is 64.6 Å². The fraction of sp³-hybridized carbons (Fsp3) is 0.273. The van der Waals surface area contributed by atoms with E-state index in [1.165, 1.54) is 17.3 Å². The molecule has 0 aromatic heterocycles. The third-order valence-corrected chi connectivity index (χ3v) is 5.30. The van der Waals surface area contributed by atoms with Crippen molar-refractivity contribution in [3.63, 3.8) is 0 Å². The number of amides is 1. The Labute approximate surface area is 175 Å². The van der Waals surface area contributed by atoms with E-state index >= 15 is 0 Å². The first-order valence-corrected chi connectivity index (χ1v) is 10.2. The van der Waals surface area contributed by atoms with Gasteiger partial charge in [0.15, 0.2) is 0 Å². The lowest BCUT2D eigenvalue weighted by atomic mass is 9.87. The van der Waals surface area contributed by atoms with Crippen LogP contribution in [-0.4, -0.2) is 23.4 Å². The molecule has 4 nitrogen and oxygen atoms in total. The Morgan fingerprint density at radius 1 is 1.04 bits per heavy atom. The average Bonchev–Trinajstić information content (AvgIpc) is 2.96. The molecule has 0 unspecified atom stereocenters. The van der Waals surface area contributed by atoms with Crippen LogP contribution >= 0.6 is 24.0 Å². The summed E-state index contributed by atoms with van der Waals surface area (Å²) >= 11 is 6.27. The Kier molecular flexibility index (Phi) is 6.42. The molecule has 0 atom stereocenters. The summed E-state index contributed by atoms with van der Waals surface area (Å²) in [5, 5.41) is 2.61. The van der Waals surface area contributed by atoms with Crippen molar-refractivity contribution < 1.29 is 14.3 Å². The van der Waals surface area contributed by atoms with Crippen LogP contribution in [0.25, 0.3) is 6.08 Å². The summed E-state index contributed by atoms with van der Waals surface area (Å²) in [6.45, 7) is 7.44. The highest BCUT2D eigenvalue weighted by Crippen LogP contribution is 2.27. The van der Waals surface area contributed by atoms with Gasteiger partial charge in [0.1, 0.15) is 29.0 Å². The number of nitrogens with one attached hydrogen (secondary N) is 1. The molecule has 28 heavy (non-hydrogen) atoms. The summed E-state index contributed by atoms with van der Waals surface area (Å²) in [7, 11) is 0. The zero-order chi connectivity index (χ0) is 20.1. The number of ether oxygens (including phenoxy) is 2. The number of rotatable bonds is 6. The minimum Gasteiger partial charge on any atom is -0.490 e. The monoisotopic (exact) mass is 413 g/mol. The molecule has 0 saturated carbocycles. The highest BCUT2D eigenvalue weighted by Gasteiger charge is 2.21. The second-order valence-corrected chi connectivity index (χ2v) is 9.11. The van der Waals surface area contributed by atoms with Gasteiger partial charge in [0, 0.05) is 0 Å². The smallest absolute Gasteiger partial charge is 0.263 e. The molecule has 2 aromatic rings. The Bertz CT molecular complexity index is 899. The molecule has 1 N–H and O–H groups in total. The Hall–Kier alpha value is -2.31. The van der Waals surface area contributed by atoms with Crippen molar-refractivity contribution in [2.45, 2.75) is 26.2 Å². The lowest BCUT2D eigenvalue weighted by Crippen LogP contribution is -2.17. The second-order valence-electron chi connectivity index (χ2n) is 7.40. The zero-order valence-corrected chi connectivity index (χ0v) is 17.8. The molecule has 0 aliphatic carbocycles. The number of carbonyl (C=O) groups is 1. The van der Waals surface area contributed by atoms with E-state index in [4.69, 9.17) is 21.7 Å². The van der Waals surface area contributed by atoms with Crippen LogP contribution in [0.15, 0.2) is 53.4 Å². The predicted molar refractivity (Wildman–Crippen MR) is 119 cm³/mol. The SMILES string of the molecule is CC(C)(C)c1ccc(OCCOc2cccc(/C=C3\SC(=S)NC3=O)c2)cc1. The quantitative estimate of drug-likeness (QED) is 0.413. The maximum atomic E-state index is 11.8.